The van der Waals surface area contributed by atoms with Crippen LogP contribution in [0, 0.1) is 34.6 Å². The van der Waals surface area contributed by atoms with E-state index in [1.807, 2.05) is 0 Å². The maximum atomic E-state index is 2.47. The van der Waals surface area contributed by atoms with Crippen LogP contribution in [0.3, 0.4) is 0 Å². The minimum Gasteiger partial charge on any atom is -0.344 e. The van der Waals surface area contributed by atoms with E-state index >= 15 is 0 Å². The van der Waals surface area contributed by atoms with Gasteiger partial charge < -0.3 is 9.13 Å². The van der Waals surface area contributed by atoms with Crippen molar-refractivity contribution in [2.75, 3.05) is 0 Å². The Labute approximate surface area is 223 Å². The number of fused-ring (bicyclic) bond motifs is 6. The van der Waals surface area contributed by atoms with Crippen molar-refractivity contribution in [3.8, 4) is 16.8 Å². The minimum absolute atomic E-state index is 1.21. The van der Waals surface area contributed by atoms with Gasteiger partial charge in [0.1, 0.15) is 0 Å². The van der Waals surface area contributed by atoms with Crippen LogP contribution in [0.25, 0.3) is 60.4 Å². The van der Waals surface area contributed by atoms with Gasteiger partial charge in [-0.3, -0.25) is 0 Å². The van der Waals surface area contributed by atoms with Crippen LogP contribution in [-0.2, 0) is 7.05 Å². The molecule has 0 aliphatic heterocycles. The molecule has 0 N–H and O–H groups in total. The summed E-state index contributed by atoms with van der Waals surface area (Å²) in [5.41, 5.74) is 15.3. The molecular weight excluding hydrogens is 460 g/mol. The molecule has 2 aromatic heterocycles. The van der Waals surface area contributed by atoms with E-state index < -0.39 is 0 Å². The normalized spacial score (nSPS) is 11.9. The van der Waals surface area contributed by atoms with Crippen molar-refractivity contribution in [3.63, 3.8) is 0 Å². The summed E-state index contributed by atoms with van der Waals surface area (Å²) in [5.74, 6) is 0. The number of nitrogens with zero attached hydrogens (tertiary/aromatic N) is 2. The number of hydrogen-bond donors (Lipinski definition) is 0. The summed E-state index contributed by atoms with van der Waals surface area (Å²) < 4.78 is 4.77. The molecule has 5 aromatic carbocycles. The van der Waals surface area contributed by atoms with Crippen molar-refractivity contribution in [2.24, 2.45) is 7.05 Å². The van der Waals surface area contributed by atoms with Gasteiger partial charge in [-0.2, -0.15) is 0 Å². The molecule has 7 rings (SSSR count). The van der Waals surface area contributed by atoms with Gasteiger partial charge in [0.25, 0.3) is 0 Å². The molecule has 0 fully saturated rings. The number of aromatic nitrogens is 2. The van der Waals surface area contributed by atoms with Crippen molar-refractivity contribution in [1.82, 2.24) is 9.13 Å². The van der Waals surface area contributed by atoms with E-state index in [1.165, 1.54) is 88.2 Å². The predicted octanol–water partition coefficient (Wildman–Crippen LogP) is 9.64. The summed E-state index contributed by atoms with van der Waals surface area (Å²) in [6.45, 7) is 11.0. The van der Waals surface area contributed by atoms with Crippen LogP contribution < -0.4 is 0 Å². The topological polar surface area (TPSA) is 9.86 Å². The zero-order chi connectivity index (χ0) is 26.3. The van der Waals surface area contributed by atoms with Gasteiger partial charge in [-0.25, -0.2) is 0 Å². The highest BCUT2D eigenvalue weighted by molar-refractivity contribution is 6.11. The second-order valence-electron chi connectivity index (χ2n) is 11.2. The van der Waals surface area contributed by atoms with Crippen LogP contribution in [0.15, 0.2) is 84.9 Å². The third-order valence-electron chi connectivity index (χ3n) is 8.17. The molecule has 2 nitrogen and oxygen atoms in total. The molecule has 0 aliphatic carbocycles. The Hall–Kier alpha value is -4.30. The lowest BCUT2D eigenvalue weighted by Crippen LogP contribution is -1.97. The third kappa shape index (κ3) is 3.33. The summed E-state index contributed by atoms with van der Waals surface area (Å²) in [6.07, 6.45) is 0. The Balaban J connectivity index is 1.50. The molecule has 0 saturated carbocycles. The first-order chi connectivity index (χ1) is 18.3. The molecule has 0 radical (unpaired) electrons. The highest BCUT2D eigenvalue weighted by atomic mass is 15.0. The second-order valence-corrected chi connectivity index (χ2v) is 11.2. The summed E-state index contributed by atoms with van der Waals surface area (Å²) in [7, 11) is 2.17. The molecule has 0 saturated heterocycles. The van der Waals surface area contributed by atoms with Crippen molar-refractivity contribution >= 4 is 43.6 Å². The fourth-order valence-electron chi connectivity index (χ4n) is 6.48. The van der Waals surface area contributed by atoms with Crippen LogP contribution in [0.2, 0.25) is 0 Å². The largest absolute Gasteiger partial charge is 0.344 e. The van der Waals surface area contributed by atoms with Gasteiger partial charge in [0.2, 0.25) is 0 Å². The SMILES string of the molecule is Cc1cc(-c2ccc3c(c2)c2cc(C)ccc2n3C)cc(-n2c3ccc(C)cc3c3cc(C)cc(C)c32)c1. The molecule has 2 heteroatoms. The summed E-state index contributed by atoms with van der Waals surface area (Å²) in [4.78, 5) is 0. The number of rotatable bonds is 2. The van der Waals surface area contributed by atoms with Crippen LogP contribution in [0.5, 0.6) is 0 Å². The summed E-state index contributed by atoms with van der Waals surface area (Å²) >= 11 is 0. The van der Waals surface area contributed by atoms with Crippen molar-refractivity contribution in [1.29, 1.82) is 0 Å². The first-order valence-electron chi connectivity index (χ1n) is 13.4. The van der Waals surface area contributed by atoms with E-state index in [-0.39, 0.29) is 0 Å². The second kappa shape index (κ2) is 8.10. The van der Waals surface area contributed by atoms with Gasteiger partial charge in [-0.15, -0.1) is 0 Å². The van der Waals surface area contributed by atoms with E-state index in [1.54, 1.807) is 0 Å². The van der Waals surface area contributed by atoms with E-state index in [0.717, 1.165) is 0 Å². The Bertz CT molecular complexity index is 2080. The molecule has 186 valence electrons. The number of aryl methyl sites for hydroxylation is 6. The molecule has 0 spiro atoms. The lowest BCUT2D eigenvalue weighted by atomic mass is 9.99. The van der Waals surface area contributed by atoms with Gasteiger partial charge in [0, 0.05) is 45.3 Å². The third-order valence-corrected chi connectivity index (χ3v) is 8.17. The molecule has 0 atom stereocenters. The predicted molar refractivity (Wildman–Crippen MR) is 164 cm³/mol. The van der Waals surface area contributed by atoms with Gasteiger partial charge in [0.15, 0.2) is 0 Å². The Morgan fingerprint density at radius 2 is 1.03 bits per heavy atom. The Kier molecular flexibility index (Phi) is 4.87. The average molecular weight is 493 g/mol. The van der Waals surface area contributed by atoms with Crippen LogP contribution in [-0.4, -0.2) is 9.13 Å². The highest BCUT2D eigenvalue weighted by Gasteiger charge is 2.16. The lowest BCUT2D eigenvalue weighted by molar-refractivity contribution is 1.01. The highest BCUT2D eigenvalue weighted by Crippen LogP contribution is 2.38. The fraction of sp³-hybridized carbons (Fsp3) is 0.167. The van der Waals surface area contributed by atoms with Crippen molar-refractivity contribution < 1.29 is 0 Å². The van der Waals surface area contributed by atoms with E-state index in [2.05, 4.69) is 136 Å². The first-order valence-corrected chi connectivity index (χ1v) is 13.4. The molecule has 7 aromatic rings. The fourth-order valence-corrected chi connectivity index (χ4v) is 6.48. The molecule has 0 amide bonds. The Morgan fingerprint density at radius 1 is 0.447 bits per heavy atom. The zero-order valence-electron chi connectivity index (χ0n) is 23.0. The summed E-state index contributed by atoms with van der Waals surface area (Å²) in [6, 6.07) is 32.2. The van der Waals surface area contributed by atoms with E-state index in [9.17, 15) is 0 Å². The quantitative estimate of drug-likeness (QED) is 0.227. The molecule has 0 bridgehead atoms. The van der Waals surface area contributed by atoms with Crippen molar-refractivity contribution in [3.05, 3.63) is 113 Å². The Morgan fingerprint density at radius 3 is 1.76 bits per heavy atom. The van der Waals surface area contributed by atoms with Gasteiger partial charge in [-0.05, 0) is 111 Å². The lowest BCUT2D eigenvalue weighted by Gasteiger charge is -2.14. The molecular formula is C36H32N2. The molecule has 0 aliphatic rings. The van der Waals surface area contributed by atoms with E-state index in [4.69, 9.17) is 0 Å². The summed E-state index contributed by atoms with van der Waals surface area (Å²) in [5, 5.41) is 5.28. The zero-order valence-corrected chi connectivity index (χ0v) is 23.0. The minimum atomic E-state index is 1.21. The first kappa shape index (κ1) is 22.9. The van der Waals surface area contributed by atoms with Gasteiger partial charge in [-0.1, -0.05) is 47.0 Å². The van der Waals surface area contributed by atoms with E-state index in [0.29, 0.717) is 0 Å². The standard InChI is InChI=1S/C36H32N2/c1-21-7-10-33-29(16-21)31-20-26(9-12-34(31)37(33)6)27-14-24(4)15-28(19-27)38-35-11-8-22(2)17-30(35)32-18-23(3)13-25(5)36(32)38/h7-20H,1-6H3. The van der Waals surface area contributed by atoms with Gasteiger partial charge in [0.05, 0.1) is 11.0 Å². The number of benzene rings is 5. The van der Waals surface area contributed by atoms with Crippen LogP contribution in [0.4, 0.5) is 0 Å². The average Bonchev–Trinajstić information content (AvgIpc) is 3.35. The molecule has 2 heterocycles. The van der Waals surface area contributed by atoms with Gasteiger partial charge >= 0.3 is 0 Å². The van der Waals surface area contributed by atoms with Crippen LogP contribution in [0.1, 0.15) is 27.8 Å². The molecule has 0 unspecified atom stereocenters. The maximum Gasteiger partial charge on any atom is 0.0570 e. The smallest absolute Gasteiger partial charge is 0.0570 e. The monoisotopic (exact) mass is 492 g/mol. The number of hydrogen-bond acceptors (Lipinski definition) is 0. The molecule has 38 heavy (non-hydrogen) atoms. The van der Waals surface area contributed by atoms with Crippen LogP contribution >= 0.6 is 0 Å². The maximum absolute atomic E-state index is 2.47. The van der Waals surface area contributed by atoms with Crippen molar-refractivity contribution in [2.45, 2.75) is 34.6 Å².